The van der Waals surface area contributed by atoms with E-state index in [0.717, 1.165) is 5.56 Å². The minimum absolute atomic E-state index is 0.189. The van der Waals surface area contributed by atoms with E-state index >= 15 is 0 Å². The van der Waals surface area contributed by atoms with Crippen LogP contribution in [0.15, 0.2) is 48.5 Å². The molecule has 2 rings (SSSR count). The summed E-state index contributed by atoms with van der Waals surface area (Å²) in [6.45, 7) is 0. The van der Waals surface area contributed by atoms with Crippen LogP contribution in [-0.2, 0) is 10.5 Å². The molecule has 0 bridgehead atoms. The molecule has 2 aromatic rings. The third-order valence-corrected chi connectivity index (χ3v) is 4.27. The molecule has 2 amide bonds. The van der Waals surface area contributed by atoms with Crippen LogP contribution in [0.25, 0.3) is 0 Å². The Morgan fingerprint density at radius 1 is 1.09 bits per heavy atom. The number of hydrogen-bond acceptors (Lipinski definition) is 3. The first-order chi connectivity index (χ1) is 10.6. The third-order valence-electron chi connectivity index (χ3n) is 2.92. The summed E-state index contributed by atoms with van der Waals surface area (Å²) in [6.07, 6.45) is 0. The SMILES string of the molecule is NC(=O)c1ccccc1NC(=O)CSCc1ccccc1Cl. The number of halogens is 1. The Morgan fingerprint density at radius 3 is 2.50 bits per heavy atom. The zero-order valence-corrected chi connectivity index (χ0v) is 13.3. The molecule has 2 aromatic carbocycles. The van der Waals surface area contributed by atoms with Gasteiger partial charge in [-0.25, -0.2) is 0 Å². The Hall–Kier alpha value is -1.98. The predicted molar refractivity (Wildman–Crippen MR) is 91.2 cm³/mol. The van der Waals surface area contributed by atoms with Gasteiger partial charge in [-0.2, -0.15) is 0 Å². The summed E-state index contributed by atoms with van der Waals surface area (Å²) < 4.78 is 0. The number of hydrogen-bond donors (Lipinski definition) is 2. The van der Waals surface area contributed by atoms with Crippen molar-refractivity contribution in [3.05, 3.63) is 64.7 Å². The molecular formula is C16H15ClN2O2S. The van der Waals surface area contributed by atoms with E-state index in [2.05, 4.69) is 5.32 Å². The highest BCUT2D eigenvalue weighted by atomic mass is 35.5. The summed E-state index contributed by atoms with van der Waals surface area (Å²) >= 11 is 7.51. The number of primary amides is 1. The molecular weight excluding hydrogens is 320 g/mol. The minimum atomic E-state index is -0.570. The lowest BCUT2D eigenvalue weighted by molar-refractivity contribution is -0.113. The Morgan fingerprint density at radius 2 is 1.77 bits per heavy atom. The van der Waals surface area contributed by atoms with E-state index in [4.69, 9.17) is 17.3 Å². The first-order valence-electron chi connectivity index (χ1n) is 6.58. The molecule has 0 heterocycles. The lowest BCUT2D eigenvalue weighted by atomic mass is 10.1. The smallest absolute Gasteiger partial charge is 0.250 e. The van der Waals surface area contributed by atoms with Gasteiger partial charge < -0.3 is 11.1 Å². The number of carbonyl (C=O) groups is 2. The average Bonchev–Trinajstić information content (AvgIpc) is 2.49. The lowest BCUT2D eigenvalue weighted by Crippen LogP contribution is -2.19. The third kappa shape index (κ3) is 4.51. The zero-order chi connectivity index (χ0) is 15.9. The molecule has 3 N–H and O–H groups in total. The topological polar surface area (TPSA) is 72.2 Å². The van der Waals surface area contributed by atoms with E-state index in [1.807, 2.05) is 24.3 Å². The fraction of sp³-hybridized carbons (Fsp3) is 0.125. The van der Waals surface area contributed by atoms with Crippen LogP contribution < -0.4 is 11.1 Å². The molecule has 0 radical (unpaired) electrons. The fourth-order valence-corrected chi connectivity index (χ4v) is 2.98. The number of benzene rings is 2. The van der Waals surface area contributed by atoms with Gasteiger partial charge in [0.15, 0.2) is 0 Å². The molecule has 0 spiro atoms. The van der Waals surface area contributed by atoms with Crippen LogP contribution in [0, 0.1) is 0 Å². The maximum atomic E-state index is 11.9. The summed E-state index contributed by atoms with van der Waals surface area (Å²) in [7, 11) is 0. The van der Waals surface area contributed by atoms with Crippen LogP contribution in [0.3, 0.4) is 0 Å². The van der Waals surface area contributed by atoms with Gasteiger partial charge >= 0.3 is 0 Å². The monoisotopic (exact) mass is 334 g/mol. The number of anilines is 1. The second kappa shape index (κ2) is 7.87. The highest BCUT2D eigenvalue weighted by Crippen LogP contribution is 2.21. The van der Waals surface area contributed by atoms with Crippen molar-refractivity contribution in [2.75, 3.05) is 11.1 Å². The first kappa shape index (κ1) is 16.4. The molecule has 0 fully saturated rings. The van der Waals surface area contributed by atoms with Crippen molar-refractivity contribution in [1.29, 1.82) is 0 Å². The summed E-state index contributed by atoms with van der Waals surface area (Å²) in [5.74, 6) is 0.147. The van der Waals surface area contributed by atoms with Crippen molar-refractivity contribution >= 4 is 40.9 Å². The number of carbonyl (C=O) groups excluding carboxylic acids is 2. The minimum Gasteiger partial charge on any atom is -0.366 e. The van der Waals surface area contributed by atoms with Crippen molar-refractivity contribution in [3.8, 4) is 0 Å². The maximum absolute atomic E-state index is 11.9. The quantitative estimate of drug-likeness (QED) is 0.851. The molecule has 0 atom stereocenters. The largest absolute Gasteiger partial charge is 0.366 e. The molecule has 0 aliphatic heterocycles. The number of amides is 2. The molecule has 6 heteroatoms. The normalized spacial score (nSPS) is 10.2. The van der Waals surface area contributed by atoms with Crippen molar-refractivity contribution in [1.82, 2.24) is 0 Å². The summed E-state index contributed by atoms with van der Waals surface area (Å²) in [4.78, 5) is 23.2. The van der Waals surface area contributed by atoms with Crippen LogP contribution >= 0.6 is 23.4 Å². The number of rotatable bonds is 6. The second-order valence-electron chi connectivity index (χ2n) is 4.54. The van der Waals surface area contributed by atoms with Crippen molar-refractivity contribution < 1.29 is 9.59 Å². The van der Waals surface area contributed by atoms with Crippen LogP contribution in [0.1, 0.15) is 15.9 Å². The van der Waals surface area contributed by atoms with E-state index in [1.165, 1.54) is 11.8 Å². The van der Waals surface area contributed by atoms with Crippen LogP contribution in [0.4, 0.5) is 5.69 Å². The highest BCUT2D eigenvalue weighted by Gasteiger charge is 2.10. The molecule has 114 valence electrons. The number of nitrogens with one attached hydrogen (secondary N) is 1. The molecule has 0 unspecified atom stereocenters. The number of thioether (sulfide) groups is 1. The van der Waals surface area contributed by atoms with E-state index in [9.17, 15) is 9.59 Å². The van der Waals surface area contributed by atoms with Gasteiger partial charge in [-0.1, -0.05) is 41.9 Å². The van der Waals surface area contributed by atoms with Gasteiger partial charge in [0.05, 0.1) is 17.0 Å². The number of nitrogens with two attached hydrogens (primary N) is 1. The molecule has 0 aromatic heterocycles. The Kier molecular flexibility index (Phi) is 5.86. The van der Waals surface area contributed by atoms with E-state index in [-0.39, 0.29) is 11.7 Å². The molecule has 4 nitrogen and oxygen atoms in total. The molecule has 22 heavy (non-hydrogen) atoms. The fourth-order valence-electron chi connectivity index (χ4n) is 1.86. The van der Waals surface area contributed by atoms with Gasteiger partial charge in [0.25, 0.3) is 5.91 Å². The standard InChI is InChI=1S/C16H15ClN2O2S/c17-13-7-3-1-5-11(13)9-22-10-15(20)19-14-8-4-2-6-12(14)16(18)21/h1-8H,9-10H2,(H2,18,21)(H,19,20). The molecule has 0 saturated heterocycles. The zero-order valence-electron chi connectivity index (χ0n) is 11.7. The summed E-state index contributed by atoms with van der Waals surface area (Å²) in [5, 5.41) is 3.39. The maximum Gasteiger partial charge on any atom is 0.250 e. The predicted octanol–water partition coefficient (Wildman–Crippen LogP) is 3.31. The molecule has 0 aliphatic rings. The van der Waals surface area contributed by atoms with Crippen LogP contribution in [0.2, 0.25) is 5.02 Å². The van der Waals surface area contributed by atoms with E-state index in [1.54, 1.807) is 24.3 Å². The first-order valence-corrected chi connectivity index (χ1v) is 8.11. The van der Waals surface area contributed by atoms with E-state index in [0.29, 0.717) is 22.0 Å². The lowest BCUT2D eigenvalue weighted by Gasteiger charge is -2.09. The van der Waals surface area contributed by atoms with Gasteiger partial charge in [-0.05, 0) is 23.8 Å². The van der Waals surface area contributed by atoms with Crippen molar-refractivity contribution in [2.24, 2.45) is 5.73 Å². The van der Waals surface area contributed by atoms with E-state index < -0.39 is 5.91 Å². The van der Waals surface area contributed by atoms with Crippen LogP contribution in [0.5, 0.6) is 0 Å². The van der Waals surface area contributed by atoms with Gasteiger partial charge in [0.1, 0.15) is 0 Å². The average molecular weight is 335 g/mol. The highest BCUT2D eigenvalue weighted by molar-refractivity contribution is 7.99. The second-order valence-corrected chi connectivity index (χ2v) is 5.94. The van der Waals surface area contributed by atoms with Crippen molar-refractivity contribution in [2.45, 2.75) is 5.75 Å². The van der Waals surface area contributed by atoms with Gasteiger partial charge in [0, 0.05) is 10.8 Å². The Labute approximate surface area is 138 Å². The Bertz CT molecular complexity index is 691. The summed E-state index contributed by atoms with van der Waals surface area (Å²) in [6, 6.07) is 14.2. The van der Waals surface area contributed by atoms with Crippen molar-refractivity contribution in [3.63, 3.8) is 0 Å². The van der Waals surface area contributed by atoms with Gasteiger partial charge in [-0.3, -0.25) is 9.59 Å². The van der Waals surface area contributed by atoms with Gasteiger partial charge in [-0.15, -0.1) is 11.8 Å². The molecule has 0 saturated carbocycles. The van der Waals surface area contributed by atoms with Crippen LogP contribution in [-0.4, -0.2) is 17.6 Å². The summed E-state index contributed by atoms with van der Waals surface area (Å²) in [5.41, 5.74) is 6.99. The number of para-hydroxylation sites is 1. The molecule has 0 aliphatic carbocycles. The Balaban J connectivity index is 1.89. The van der Waals surface area contributed by atoms with Gasteiger partial charge in [0.2, 0.25) is 5.91 Å².